The fourth-order valence-corrected chi connectivity index (χ4v) is 2.71. The SMILES string of the molecule is Cc1ccc(Sc2ncnc(NCc3ccco3)c2N)cc1. The minimum Gasteiger partial charge on any atom is -0.467 e. The molecule has 22 heavy (non-hydrogen) atoms. The Morgan fingerprint density at radius 2 is 2.00 bits per heavy atom. The van der Waals surface area contributed by atoms with Crippen LogP contribution >= 0.6 is 11.8 Å². The third-order valence-electron chi connectivity index (χ3n) is 3.09. The largest absolute Gasteiger partial charge is 0.467 e. The van der Waals surface area contributed by atoms with Gasteiger partial charge in [0.15, 0.2) is 5.82 Å². The molecule has 0 spiro atoms. The predicted octanol–water partition coefficient (Wildman–Crippen LogP) is 3.72. The number of benzene rings is 1. The Morgan fingerprint density at radius 3 is 2.73 bits per heavy atom. The van der Waals surface area contributed by atoms with Gasteiger partial charge in [-0.2, -0.15) is 0 Å². The standard InChI is InChI=1S/C16H16N4OS/c1-11-4-6-13(7-5-11)22-16-14(17)15(19-10-20-16)18-9-12-3-2-8-21-12/h2-8,10H,9,17H2,1H3,(H,18,19,20). The van der Waals surface area contributed by atoms with Crippen LogP contribution in [0.5, 0.6) is 0 Å². The fourth-order valence-electron chi connectivity index (χ4n) is 1.90. The second-order valence-electron chi connectivity index (χ2n) is 4.79. The first-order valence-corrected chi connectivity index (χ1v) is 7.65. The zero-order valence-corrected chi connectivity index (χ0v) is 12.9. The molecule has 0 bridgehead atoms. The molecule has 6 heteroatoms. The van der Waals surface area contributed by atoms with Crippen LogP contribution < -0.4 is 11.1 Å². The molecular weight excluding hydrogens is 296 g/mol. The quantitative estimate of drug-likeness (QED) is 0.699. The molecule has 1 aromatic carbocycles. The van der Waals surface area contributed by atoms with E-state index in [1.165, 1.54) is 23.7 Å². The van der Waals surface area contributed by atoms with Crippen molar-refractivity contribution in [2.24, 2.45) is 0 Å². The van der Waals surface area contributed by atoms with Gasteiger partial charge in [-0.15, -0.1) is 0 Å². The second kappa shape index (κ2) is 6.53. The number of nitrogens with zero attached hydrogens (tertiary/aromatic N) is 2. The predicted molar refractivity (Wildman–Crippen MR) is 87.8 cm³/mol. The van der Waals surface area contributed by atoms with Crippen molar-refractivity contribution in [3.05, 3.63) is 60.3 Å². The van der Waals surface area contributed by atoms with Crippen molar-refractivity contribution in [1.29, 1.82) is 0 Å². The van der Waals surface area contributed by atoms with Gasteiger partial charge in [0.1, 0.15) is 22.8 Å². The molecule has 0 unspecified atom stereocenters. The monoisotopic (exact) mass is 312 g/mol. The number of hydrogen-bond acceptors (Lipinski definition) is 6. The van der Waals surface area contributed by atoms with E-state index in [1.807, 2.05) is 12.1 Å². The van der Waals surface area contributed by atoms with E-state index in [9.17, 15) is 0 Å². The number of furan rings is 1. The van der Waals surface area contributed by atoms with Gasteiger partial charge in [0.05, 0.1) is 12.8 Å². The molecule has 0 aliphatic carbocycles. The summed E-state index contributed by atoms with van der Waals surface area (Å²) in [5, 5.41) is 3.90. The van der Waals surface area contributed by atoms with E-state index >= 15 is 0 Å². The number of anilines is 2. The van der Waals surface area contributed by atoms with Gasteiger partial charge in [0, 0.05) is 4.90 Å². The Labute approximate surface area is 133 Å². The second-order valence-corrected chi connectivity index (χ2v) is 5.85. The molecule has 0 amide bonds. The average Bonchev–Trinajstić information content (AvgIpc) is 3.04. The molecule has 112 valence electrons. The minimum absolute atomic E-state index is 0.531. The van der Waals surface area contributed by atoms with E-state index in [-0.39, 0.29) is 0 Å². The van der Waals surface area contributed by atoms with Crippen LogP contribution in [0, 0.1) is 6.92 Å². The zero-order chi connectivity index (χ0) is 15.4. The maximum Gasteiger partial charge on any atom is 0.154 e. The summed E-state index contributed by atoms with van der Waals surface area (Å²) in [5.41, 5.74) is 7.93. The highest BCUT2D eigenvalue weighted by atomic mass is 32.2. The van der Waals surface area contributed by atoms with E-state index in [4.69, 9.17) is 10.2 Å². The highest BCUT2D eigenvalue weighted by Gasteiger charge is 2.10. The van der Waals surface area contributed by atoms with Gasteiger partial charge >= 0.3 is 0 Å². The summed E-state index contributed by atoms with van der Waals surface area (Å²) in [6, 6.07) is 12.0. The molecule has 0 aliphatic rings. The summed E-state index contributed by atoms with van der Waals surface area (Å²) in [5.74, 6) is 1.44. The van der Waals surface area contributed by atoms with Crippen LogP contribution in [0.1, 0.15) is 11.3 Å². The lowest BCUT2D eigenvalue weighted by Gasteiger charge is -2.10. The first-order chi connectivity index (χ1) is 10.7. The highest BCUT2D eigenvalue weighted by molar-refractivity contribution is 7.99. The third kappa shape index (κ3) is 3.40. The van der Waals surface area contributed by atoms with Gasteiger partial charge in [0.25, 0.3) is 0 Å². The average molecular weight is 312 g/mol. The van der Waals surface area contributed by atoms with E-state index in [2.05, 4.69) is 46.5 Å². The lowest BCUT2D eigenvalue weighted by atomic mass is 10.2. The van der Waals surface area contributed by atoms with Crippen molar-refractivity contribution >= 4 is 23.3 Å². The minimum atomic E-state index is 0.531. The summed E-state index contributed by atoms with van der Waals surface area (Å²) >= 11 is 1.52. The lowest BCUT2D eigenvalue weighted by molar-refractivity contribution is 0.518. The maximum absolute atomic E-state index is 6.16. The highest BCUT2D eigenvalue weighted by Crippen LogP contribution is 2.33. The number of aromatic nitrogens is 2. The van der Waals surface area contributed by atoms with Gasteiger partial charge in [-0.3, -0.25) is 0 Å². The Bertz CT molecular complexity index is 741. The molecule has 3 rings (SSSR count). The zero-order valence-electron chi connectivity index (χ0n) is 12.1. The summed E-state index contributed by atoms with van der Waals surface area (Å²) in [4.78, 5) is 9.55. The van der Waals surface area contributed by atoms with E-state index in [0.29, 0.717) is 18.1 Å². The van der Waals surface area contributed by atoms with Crippen LogP contribution in [0.2, 0.25) is 0 Å². The van der Waals surface area contributed by atoms with Gasteiger partial charge < -0.3 is 15.5 Å². The Balaban J connectivity index is 1.75. The maximum atomic E-state index is 6.16. The van der Waals surface area contributed by atoms with Crippen LogP contribution in [0.25, 0.3) is 0 Å². The molecule has 0 saturated heterocycles. The molecule has 2 aromatic heterocycles. The molecule has 5 nitrogen and oxygen atoms in total. The lowest BCUT2D eigenvalue weighted by Crippen LogP contribution is -2.05. The van der Waals surface area contributed by atoms with Gasteiger partial charge in [-0.25, -0.2) is 9.97 Å². The molecule has 0 radical (unpaired) electrons. The topological polar surface area (TPSA) is 77.0 Å². The number of nitrogens with two attached hydrogens (primary N) is 1. The number of nitrogens with one attached hydrogen (secondary N) is 1. The van der Waals surface area contributed by atoms with E-state index in [1.54, 1.807) is 6.26 Å². The molecule has 0 saturated carbocycles. The van der Waals surface area contributed by atoms with Crippen molar-refractivity contribution < 1.29 is 4.42 Å². The van der Waals surface area contributed by atoms with Crippen molar-refractivity contribution in [2.75, 3.05) is 11.1 Å². The molecule has 2 heterocycles. The molecular formula is C16H16N4OS. The Morgan fingerprint density at radius 1 is 1.18 bits per heavy atom. The Hall–Kier alpha value is -2.47. The number of nitrogen functional groups attached to an aromatic ring is 1. The summed E-state index contributed by atoms with van der Waals surface area (Å²) in [7, 11) is 0. The number of hydrogen-bond donors (Lipinski definition) is 2. The third-order valence-corrected chi connectivity index (χ3v) is 4.12. The Kier molecular flexibility index (Phi) is 4.29. The normalized spacial score (nSPS) is 10.6. The van der Waals surface area contributed by atoms with Crippen molar-refractivity contribution in [2.45, 2.75) is 23.4 Å². The first kappa shape index (κ1) is 14.5. The van der Waals surface area contributed by atoms with Crippen LogP contribution in [-0.4, -0.2) is 9.97 Å². The molecule has 0 fully saturated rings. The smallest absolute Gasteiger partial charge is 0.154 e. The summed E-state index contributed by atoms with van der Waals surface area (Å²) in [6.45, 7) is 2.59. The van der Waals surface area contributed by atoms with Gasteiger partial charge in [-0.1, -0.05) is 29.5 Å². The van der Waals surface area contributed by atoms with Crippen molar-refractivity contribution in [3.8, 4) is 0 Å². The van der Waals surface area contributed by atoms with Gasteiger partial charge in [-0.05, 0) is 31.2 Å². The van der Waals surface area contributed by atoms with Crippen LogP contribution in [0.3, 0.4) is 0 Å². The summed E-state index contributed by atoms with van der Waals surface area (Å²) < 4.78 is 5.28. The molecule has 0 atom stereocenters. The number of aryl methyl sites for hydroxylation is 1. The van der Waals surface area contributed by atoms with Crippen molar-refractivity contribution in [3.63, 3.8) is 0 Å². The molecule has 3 aromatic rings. The van der Waals surface area contributed by atoms with Crippen LogP contribution in [-0.2, 0) is 6.54 Å². The van der Waals surface area contributed by atoms with E-state index in [0.717, 1.165) is 15.7 Å². The van der Waals surface area contributed by atoms with E-state index < -0.39 is 0 Å². The van der Waals surface area contributed by atoms with Crippen LogP contribution in [0.15, 0.2) is 63.3 Å². The summed E-state index contributed by atoms with van der Waals surface area (Å²) in [6.07, 6.45) is 3.15. The van der Waals surface area contributed by atoms with Gasteiger partial charge in [0.2, 0.25) is 0 Å². The van der Waals surface area contributed by atoms with Crippen LogP contribution in [0.4, 0.5) is 11.5 Å². The molecule has 3 N–H and O–H groups in total. The first-order valence-electron chi connectivity index (χ1n) is 6.83. The van der Waals surface area contributed by atoms with Crippen molar-refractivity contribution in [1.82, 2.24) is 9.97 Å². The number of rotatable bonds is 5. The fraction of sp³-hybridized carbons (Fsp3) is 0.125. The molecule has 0 aliphatic heterocycles.